The number of hydrogen-bond donors (Lipinski definition) is 0. The second-order valence-electron chi connectivity index (χ2n) is 3.30. The van der Waals surface area contributed by atoms with E-state index >= 15 is 0 Å². The first-order valence-corrected chi connectivity index (χ1v) is 5.63. The van der Waals surface area contributed by atoms with E-state index in [4.69, 9.17) is 4.74 Å². The molecule has 1 heterocycles. The van der Waals surface area contributed by atoms with Gasteiger partial charge in [-0.25, -0.2) is 4.98 Å². The van der Waals surface area contributed by atoms with Gasteiger partial charge in [-0.3, -0.25) is 4.79 Å². The molecule has 0 N–H and O–H groups in total. The molecule has 2 aromatic rings. The Morgan fingerprint density at radius 1 is 1.44 bits per heavy atom. The molecule has 2 rings (SSSR count). The van der Waals surface area contributed by atoms with Gasteiger partial charge in [-0.05, 0) is 19.1 Å². The van der Waals surface area contributed by atoms with Crippen molar-refractivity contribution < 1.29 is 9.53 Å². The molecular formula is C12H11NO2S. The molecule has 0 fully saturated rings. The van der Waals surface area contributed by atoms with Gasteiger partial charge in [0, 0.05) is 11.8 Å². The van der Waals surface area contributed by atoms with Crippen molar-refractivity contribution >= 4 is 17.1 Å². The molecule has 82 valence electrons. The molecule has 0 aliphatic heterocycles. The van der Waals surface area contributed by atoms with E-state index < -0.39 is 0 Å². The van der Waals surface area contributed by atoms with E-state index in [0.29, 0.717) is 16.2 Å². The van der Waals surface area contributed by atoms with Gasteiger partial charge >= 0.3 is 0 Å². The molecule has 0 spiro atoms. The Morgan fingerprint density at radius 3 is 2.88 bits per heavy atom. The van der Waals surface area contributed by atoms with Gasteiger partial charge in [0.15, 0.2) is 0 Å². The Hall–Kier alpha value is -1.68. The molecule has 0 atom stereocenters. The van der Waals surface area contributed by atoms with Gasteiger partial charge in [-0.15, -0.1) is 11.3 Å². The van der Waals surface area contributed by atoms with E-state index in [1.165, 1.54) is 11.3 Å². The fourth-order valence-corrected chi connectivity index (χ4v) is 2.11. The molecular weight excluding hydrogens is 222 g/mol. The summed E-state index contributed by atoms with van der Waals surface area (Å²) in [6, 6.07) is 7.13. The highest BCUT2D eigenvalue weighted by Crippen LogP contribution is 2.19. The summed E-state index contributed by atoms with van der Waals surface area (Å²) in [7, 11) is 1.58. The fraction of sp³-hybridized carbons (Fsp3) is 0.167. The first kappa shape index (κ1) is 10.8. The van der Waals surface area contributed by atoms with Crippen LogP contribution in [-0.2, 0) is 0 Å². The van der Waals surface area contributed by atoms with Crippen LogP contribution in [0.5, 0.6) is 5.75 Å². The summed E-state index contributed by atoms with van der Waals surface area (Å²) in [6.07, 6.45) is 1.61. The van der Waals surface area contributed by atoms with Crippen molar-refractivity contribution in [3.05, 3.63) is 45.9 Å². The summed E-state index contributed by atoms with van der Waals surface area (Å²) < 4.78 is 5.08. The molecule has 0 amide bonds. The molecule has 0 saturated carbocycles. The Morgan fingerprint density at radius 2 is 2.25 bits per heavy atom. The third-order valence-corrected chi connectivity index (χ3v) is 3.09. The summed E-state index contributed by atoms with van der Waals surface area (Å²) in [4.78, 5) is 16.8. The summed E-state index contributed by atoms with van der Waals surface area (Å²) in [5.74, 6) is 0.677. The predicted octanol–water partition coefficient (Wildman–Crippen LogP) is 2.69. The van der Waals surface area contributed by atoms with Gasteiger partial charge in [0.1, 0.15) is 5.75 Å². The lowest BCUT2D eigenvalue weighted by Gasteiger charge is -2.01. The molecule has 0 radical (unpaired) electrons. The monoisotopic (exact) mass is 233 g/mol. The van der Waals surface area contributed by atoms with E-state index in [2.05, 4.69) is 4.98 Å². The minimum atomic E-state index is -0.00972. The van der Waals surface area contributed by atoms with E-state index in [0.717, 1.165) is 5.01 Å². The van der Waals surface area contributed by atoms with Gasteiger partial charge in [-0.1, -0.05) is 12.1 Å². The molecule has 0 aliphatic rings. The van der Waals surface area contributed by atoms with Crippen molar-refractivity contribution in [1.29, 1.82) is 0 Å². The number of methoxy groups -OCH3 is 1. The maximum absolute atomic E-state index is 12.0. The largest absolute Gasteiger partial charge is 0.497 e. The molecule has 1 aromatic heterocycles. The Labute approximate surface area is 97.7 Å². The number of carbonyl (C=O) groups excluding carboxylic acids is 1. The van der Waals surface area contributed by atoms with E-state index in [9.17, 15) is 4.79 Å². The van der Waals surface area contributed by atoms with Crippen LogP contribution in [0.3, 0.4) is 0 Å². The average Bonchev–Trinajstić information content (AvgIpc) is 2.75. The van der Waals surface area contributed by atoms with Gasteiger partial charge in [0.25, 0.3) is 0 Å². The molecule has 4 heteroatoms. The first-order valence-electron chi connectivity index (χ1n) is 4.82. The summed E-state index contributed by atoms with van der Waals surface area (Å²) in [5.41, 5.74) is 0.628. The van der Waals surface area contributed by atoms with Crippen LogP contribution in [0.1, 0.15) is 20.2 Å². The molecule has 1 aromatic carbocycles. The van der Waals surface area contributed by atoms with E-state index in [1.54, 1.807) is 31.5 Å². The van der Waals surface area contributed by atoms with Crippen LogP contribution in [0.2, 0.25) is 0 Å². The summed E-state index contributed by atoms with van der Waals surface area (Å²) >= 11 is 1.40. The van der Waals surface area contributed by atoms with Crippen molar-refractivity contribution in [2.75, 3.05) is 7.11 Å². The molecule has 0 unspecified atom stereocenters. The molecule has 16 heavy (non-hydrogen) atoms. The number of rotatable bonds is 3. The second-order valence-corrected chi connectivity index (χ2v) is 4.54. The van der Waals surface area contributed by atoms with Gasteiger partial charge in [0.05, 0.1) is 17.0 Å². The number of thiazole rings is 1. The number of aryl methyl sites for hydroxylation is 1. The van der Waals surface area contributed by atoms with Crippen LogP contribution in [0.25, 0.3) is 0 Å². The Kier molecular flexibility index (Phi) is 3.01. The number of benzene rings is 1. The maximum Gasteiger partial charge on any atom is 0.204 e. The van der Waals surface area contributed by atoms with Crippen LogP contribution in [-0.4, -0.2) is 17.9 Å². The second kappa shape index (κ2) is 4.45. The smallest absolute Gasteiger partial charge is 0.204 e. The van der Waals surface area contributed by atoms with Crippen LogP contribution in [0.15, 0.2) is 30.5 Å². The molecule has 3 nitrogen and oxygen atoms in total. The number of aromatic nitrogens is 1. The lowest BCUT2D eigenvalue weighted by molar-refractivity contribution is 0.104. The standard InChI is InChI=1S/C12H11NO2S/c1-8-13-7-11(16-8)12(14)9-4-3-5-10(6-9)15-2/h3-7H,1-2H3. The fourth-order valence-electron chi connectivity index (χ4n) is 1.37. The zero-order valence-electron chi connectivity index (χ0n) is 9.06. The number of hydrogen-bond acceptors (Lipinski definition) is 4. The van der Waals surface area contributed by atoms with Crippen LogP contribution in [0.4, 0.5) is 0 Å². The van der Waals surface area contributed by atoms with Crippen LogP contribution >= 0.6 is 11.3 Å². The third-order valence-electron chi connectivity index (χ3n) is 2.18. The van der Waals surface area contributed by atoms with Crippen molar-refractivity contribution in [2.24, 2.45) is 0 Å². The minimum Gasteiger partial charge on any atom is -0.497 e. The molecule has 0 bridgehead atoms. The minimum absolute atomic E-state index is 0.00972. The predicted molar refractivity (Wildman–Crippen MR) is 63.3 cm³/mol. The van der Waals surface area contributed by atoms with Crippen molar-refractivity contribution in [1.82, 2.24) is 4.98 Å². The Balaban J connectivity index is 2.33. The number of carbonyl (C=O) groups is 1. The normalized spacial score (nSPS) is 10.1. The van der Waals surface area contributed by atoms with E-state index in [-0.39, 0.29) is 5.78 Å². The number of ketones is 1. The van der Waals surface area contributed by atoms with Crippen LogP contribution < -0.4 is 4.74 Å². The number of ether oxygens (including phenoxy) is 1. The van der Waals surface area contributed by atoms with Gasteiger partial charge in [0.2, 0.25) is 5.78 Å². The topological polar surface area (TPSA) is 39.2 Å². The van der Waals surface area contributed by atoms with Crippen molar-refractivity contribution in [3.8, 4) is 5.75 Å². The maximum atomic E-state index is 12.0. The Bertz CT molecular complexity index is 519. The van der Waals surface area contributed by atoms with Gasteiger partial charge in [-0.2, -0.15) is 0 Å². The van der Waals surface area contributed by atoms with Crippen LogP contribution in [0, 0.1) is 6.92 Å². The highest BCUT2D eigenvalue weighted by molar-refractivity contribution is 7.13. The van der Waals surface area contributed by atoms with E-state index in [1.807, 2.05) is 13.0 Å². The quantitative estimate of drug-likeness (QED) is 0.765. The zero-order valence-corrected chi connectivity index (χ0v) is 9.88. The zero-order chi connectivity index (χ0) is 11.5. The average molecular weight is 233 g/mol. The van der Waals surface area contributed by atoms with Crippen molar-refractivity contribution in [2.45, 2.75) is 6.92 Å². The highest BCUT2D eigenvalue weighted by atomic mass is 32.1. The first-order chi connectivity index (χ1) is 7.70. The summed E-state index contributed by atoms with van der Waals surface area (Å²) in [6.45, 7) is 1.88. The molecule has 0 saturated heterocycles. The van der Waals surface area contributed by atoms with Gasteiger partial charge < -0.3 is 4.74 Å². The molecule has 0 aliphatic carbocycles. The third kappa shape index (κ3) is 2.12. The lowest BCUT2D eigenvalue weighted by Crippen LogP contribution is -1.98. The highest BCUT2D eigenvalue weighted by Gasteiger charge is 2.12. The van der Waals surface area contributed by atoms with Crippen molar-refractivity contribution in [3.63, 3.8) is 0 Å². The SMILES string of the molecule is COc1cccc(C(=O)c2cnc(C)s2)c1. The summed E-state index contributed by atoms with van der Waals surface area (Å²) in [5, 5.41) is 0.895. The number of nitrogens with zero attached hydrogens (tertiary/aromatic N) is 1. The lowest BCUT2D eigenvalue weighted by atomic mass is 10.1.